The van der Waals surface area contributed by atoms with Crippen LogP contribution in [0, 0.1) is 0 Å². The lowest BCUT2D eigenvalue weighted by Gasteiger charge is -2.08. The standard InChI is InChI=1S/C9H12N2.2ClH/c1-3-8(7-10-5-1)9-4-2-6-11-9;;/h1,3,5,7,9,11H,2,4,6H2;2*1H/t9-;;/m0../s1. The van der Waals surface area contributed by atoms with Gasteiger partial charge in [-0.2, -0.15) is 0 Å². The Balaban J connectivity index is 0.000000720. The zero-order chi connectivity index (χ0) is 7.52. The second-order valence-corrected chi connectivity index (χ2v) is 2.94. The molecule has 1 aromatic heterocycles. The summed E-state index contributed by atoms with van der Waals surface area (Å²) in [4.78, 5) is 4.09. The largest absolute Gasteiger partial charge is 0.310 e. The minimum absolute atomic E-state index is 0. The second kappa shape index (κ2) is 6.19. The van der Waals surface area contributed by atoms with Crippen LogP contribution in [0.5, 0.6) is 0 Å². The Labute approximate surface area is 91.0 Å². The SMILES string of the molecule is Cl.Cl.c1cncc([C@@H]2CCCN2)c1. The molecular weight excluding hydrogens is 207 g/mol. The van der Waals surface area contributed by atoms with Crippen LogP contribution in [0.1, 0.15) is 24.4 Å². The lowest BCUT2D eigenvalue weighted by molar-refractivity contribution is 0.645. The average Bonchev–Trinajstić information content (AvgIpc) is 2.58. The van der Waals surface area contributed by atoms with E-state index in [9.17, 15) is 0 Å². The Morgan fingerprint density at radius 3 is 2.77 bits per heavy atom. The second-order valence-electron chi connectivity index (χ2n) is 2.94. The summed E-state index contributed by atoms with van der Waals surface area (Å²) in [6.07, 6.45) is 6.31. The van der Waals surface area contributed by atoms with Crippen LogP contribution in [0.3, 0.4) is 0 Å². The number of pyridine rings is 1. The van der Waals surface area contributed by atoms with Gasteiger partial charge in [-0.15, -0.1) is 24.8 Å². The maximum atomic E-state index is 4.09. The Bertz CT molecular complexity index is 222. The van der Waals surface area contributed by atoms with Crippen LogP contribution in [-0.4, -0.2) is 11.5 Å². The van der Waals surface area contributed by atoms with Gasteiger partial charge in [0.2, 0.25) is 0 Å². The summed E-state index contributed by atoms with van der Waals surface area (Å²) in [6, 6.07) is 4.69. The molecule has 1 N–H and O–H groups in total. The quantitative estimate of drug-likeness (QED) is 0.787. The van der Waals surface area contributed by atoms with Gasteiger partial charge in [-0.05, 0) is 31.0 Å². The predicted octanol–water partition coefficient (Wildman–Crippen LogP) is 2.35. The van der Waals surface area contributed by atoms with Gasteiger partial charge in [0.25, 0.3) is 0 Å². The van der Waals surface area contributed by atoms with E-state index >= 15 is 0 Å². The van der Waals surface area contributed by atoms with Crippen molar-refractivity contribution in [1.82, 2.24) is 10.3 Å². The number of nitrogens with one attached hydrogen (secondary N) is 1. The van der Waals surface area contributed by atoms with Crippen molar-refractivity contribution in [3.05, 3.63) is 30.1 Å². The average molecular weight is 221 g/mol. The van der Waals surface area contributed by atoms with E-state index in [2.05, 4.69) is 16.4 Å². The van der Waals surface area contributed by atoms with Crippen molar-refractivity contribution in [3.63, 3.8) is 0 Å². The Kier molecular flexibility index (Phi) is 6.04. The highest BCUT2D eigenvalue weighted by Crippen LogP contribution is 2.21. The Morgan fingerprint density at radius 1 is 1.38 bits per heavy atom. The maximum Gasteiger partial charge on any atom is 0.0335 e. The first kappa shape index (κ1) is 12.7. The fourth-order valence-corrected chi connectivity index (χ4v) is 1.55. The molecule has 74 valence electrons. The molecule has 2 rings (SSSR count). The summed E-state index contributed by atoms with van der Waals surface area (Å²) in [6.45, 7) is 1.15. The Hall–Kier alpha value is -0.310. The van der Waals surface area contributed by atoms with Crippen LogP contribution in [0.4, 0.5) is 0 Å². The van der Waals surface area contributed by atoms with Crippen LogP contribution >= 0.6 is 24.8 Å². The molecule has 1 aliphatic rings. The van der Waals surface area contributed by atoms with E-state index < -0.39 is 0 Å². The summed E-state index contributed by atoms with van der Waals surface area (Å²) in [5.41, 5.74) is 1.32. The van der Waals surface area contributed by atoms with Gasteiger partial charge in [0.05, 0.1) is 0 Å². The normalized spacial score (nSPS) is 20.2. The van der Waals surface area contributed by atoms with Crippen LogP contribution in [0.15, 0.2) is 24.5 Å². The van der Waals surface area contributed by atoms with E-state index in [0.717, 1.165) is 6.54 Å². The number of rotatable bonds is 1. The van der Waals surface area contributed by atoms with Gasteiger partial charge in [0.15, 0.2) is 0 Å². The van der Waals surface area contributed by atoms with Crippen molar-refractivity contribution in [1.29, 1.82) is 0 Å². The highest BCUT2D eigenvalue weighted by atomic mass is 35.5. The highest BCUT2D eigenvalue weighted by molar-refractivity contribution is 5.85. The van der Waals surface area contributed by atoms with Crippen LogP contribution in [0.2, 0.25) is 0 Å². The molecule has 2 heterocycles. The number of aromatic nitrogens is 1. The predicted molar refractivity (Wildman–Crippen MR) is 58.7 cm³/mol. The number of hydrogen-bond acceptors (Lipinski definition) is 2. The van der Waals surface area contributed by atoms with Crippen LogP contribution in [-0.2, 0) is 0 Å². The molecule has 0 amide bonds. The fourth-order valence-electron chi connectivity index (χ4n) is 1.55. The van der Waals surface area contributed by atoms with Crippen molar-refractivity contribution in [3.8, 4) is 0 Å². The van der Waals surface area contributed by atoms with Gasteiger partial charge in [-0.1, -0.05) is 6.07 Å². The number of hydrogen-bond donors (Lipinski definition) is 1. The summed E-state index contributed by atoms with van der Waals surface area (Å²) in [7, 11) is 0. The third-order valence-electron chi connectivity index (χ3n) is 2.15. The molecule has 1 aliphatic heterocycles. The smallest absolute Gasteiger partial charge is 0.0335 e. The highest BCUT2D eigenvalue weighted by Gasteiger charge is 2.15. The molecule has 0 aliphatic carbocycles. The van der Waals surface area contributed by atoms with Crippen molar-refractivity contribution in [2.75, 3.05) is 6.54 Å². The lowest BCUT2D eigenvalue weighted by Crippen LogP contribution is -2.12. The van der Waals surface area contributed by atoms with Crippen molar-refractivity contribution >= 4 is 24.8 Å². The van der Waals surface area contributed by atoms with Gasteiger partial charge in [0.1, 0.15) is 0 Å². The molecule has 4 heteroatoms. The third-order valence-corrected chi connectivity index (χ3v) is 2.15. The zero-order valence-corrected chi connectivity index (χ0v) is 8.90. The molecule has 1 atom stereocenters. The maximum absolute atomic E-state index is 4.09. The lowest BCUT2D eigenvalue weighted by atomic mass is 10.1. The van der Waals surface area contributed by atoms with E-state index in [1.54, 1.807) is 0 Å². The molecule has 0 aromatic carbocycles. The first-order valence-electron chi connectivity index (χ1n) is 4.10. The molecule has 0 spiro atoms. The Morgan fingerprint density at radius 2 is 2.23 bits per heavy atom. The van der Waals surface area contributed by atoms with Crippen molar-refractivity contribution in [2.45, 2.75) is 18.9 Å². The molecule has 0 radical (unpaired) electrons. The molecule has 0 bridgehead atoms. The molecule has 0 unspecified atom stereocenters. The van der Waals surface area contributed by atoms with Gasteiger partial charge in [-0.3, -0.25) is 4.98 Å². The zero-order valence-electron chi connectivity index (χ0n) is 7.27. The summed E-state index contributed by atoms with van der Waals surface area (Å²) in [5.74, 6) is 0. The summed E-state index contributed by atoms with van der Waals surface area (Å²) < 4.78 is 0. The molecule has 0 saturated carbocycles. The molecule has 1 aromatic rings. The van der Waals surface area contributed by atoms with Crippen LogP contribution in [0.25, 0.3) is 0 Å². The van der Waals surface area contributed by atoms with E-state index in [-0.39, 0.29) is 24.8 Å². The fraction of sp³-hybridized carbons (Fsp3) is 0.444. The number of nitrogens with zero attached hydrogens (tertiary/aromatic N) is 1. The van der Waals surface area contributed by atoms with Gasteiger partial charge in [-0.25, -0.2) is 0 Å². The van der Waals surface area contributed by atoms with E-state index in [1.165, 1.54) is 18.4 Å². The van der Waals surface area contributed by atoms with Gasteiger partial charge in [0, 0.05) is 18.4 Å². The van der Waals surface area contributed by atoms with Gasteiger partial charge >= 0.3 is 0 Å². The first-order valence-corrected chi connectivity index (χ1v) is 4.10. The van der Waals surface area contributed by atoms with E-state index in [4.69, 9.17) is 0 Å². The molecule has 13 heavy (non-hydrogen) atoms. The first-order chi connectivity index (χ1) is 5.47. The summed E-state index contributed by atoms with van der Waals surface area (Å²) in [5, 5.41) is 3.43. The molecular formula is C9H14Cl2N2. The molecule has 2 nitrogen and oxygen atoms in total. The van der Waals surface area contributed by atoms with Crippen molar-refractivity contribution < 1.29 is 0 Å². The number of halogens is 2. The van der Waals surface area contributed by atoms with Crippen LogP contribution < -0.4 is 5.32 Å². The third kappa shape index (κ3) is 3.14. The summed E-state index contributed by atoms with van der Waals surface area (Å²) >= 11 is 0. The minimum atomic E-state index is 0. The molecule has 1 saturated heterocycles. The topological polar surface area (TPSA) is 24.9 Å². The van der Waals surface area contributed by atoms with E-state index in [0.29, 0.717) is 6.04 Å². The van der Waals surface area contributed by atoms with E-state index in [1.807, 2.05) is 18.5 Å². The minimum Gasteiger partial charge on any atom is -0.310 e. The van der Waals surface area contributed by atoms with Crippen molar-refractivity contribution in [2.24, 2.45) is 0 Å². The molecule has 1 fully saturated rings. The van der Waals surface area contributed by atoms with Gasteiger partial charge < -0.3 is 5.32 Å². The monoisotopic (exact) mass is 220 g/mol.